The summed E-state index contributed by atoms with van der Waals surface area (Å²) in [6.45, 7) is 7.97. The van der Waals surface area contributed by atoms with Crippen LogP contribution >= 0.6 is 0 Å². The van der Waals surface area contributed by atoms with Crippen LogP contribution in [0, 0.1) is 58.2 Å². The summed E-state index contributed by atoms with van der Waals surface area (Å²) in [5, 5.41) is 42.0. The van der Waals surface area contributed by atoms with Crippen LogP contribution in [0.2, 0.25) is 0 Å². The minimum absolute atomic E-state index is 0.0330. The van der Waals surface area contributed by atoms with E-state index >= 15 is 9.59 Å². The first-order valence-electron chi connectivity index (χ1n) is 32.7. The van der Waals surface area contributed by atoms with E-state index in [0.29, 0.717) is 60.6 Å². The number of aromatic hydroxyl groups is 1. The number of phenolic OH excluding ortho intramolecular Hbond substituents is 1. The lowest BCUT2D eigenvalue weighted by Gasteiger charge is -2.56. The molecule has 7 N–H and O–H groups in total. The predicted octanol–water partition coefficient (Wildman–Crippen LogP) is 12.1. The third kappa shape index (κ3) is 9.98. The number of hydrogen-bond donors (Lipinski definition) is 7. The number of carbonyl (C=O) groups is 2. The first-order valence-corrected chi connectivity index (χ1v) is 32.7. The van der Waals surface area contributed by atoms with E-state index in [0.717, 1.165) is 135 Å². The lowest BCUT2D eigenvalue weighted by Crippen LogP contribution is -2.57. The number of hydrogen-bond acceptors (Lipinski definition) is 11. The Labute approximate surface area is 498 Å². The molecule has 13 atom stereocenters. The normalized spacial score (nSPS) is 33.0. The quantitative estimate of drug-likeness (QED) is 0.0719. The van der Waals surface area contributed by atoms with Gasteiger partial charge in [-0.05, 0) is 251 Å². The number of piperidine rings is 1. The first-order chi connectivity index (χ1) is 41.0. The molecule has 84 heavy (non-hydrogen) atoms. The number of ether oxygens (including phenoxy) is 2. The molecule has 4 saturated carbocycles. The maximum Gasteiger partial charge on any atom is 0.340 e. The number of allylic oxidation sites excluding steroid dienone is 5. The Kier molecular flexibility index (Phi) is 15.5. The lowest BCUT2D eigenvalue weighted by atomic mass is 9.44. The van der Waals surface area contributed by atoms with Gasteiger partial charge >= 0.3 is 11.9 Å². The fraction of sp³-hybridized carbons (Fsp3) is 0.534. The fourth-order valence-electron chi connectivity index (χ4n) is 19.3. The second-order valence-electron chi connectivity index (χ2n) is 27.4. The fourth-order valence-corrected chi connectivity index (χ4v) is 19.3. The Balaban J connectivity index is 0.934. The summed E-state index contributed by atoms with van der Waals surface area (Å²) in [6, 6.07) is 33.1. The molecule has 0 unspecified atom stereocenters. The van der Waals surface area contributed by atoms with Crippen molar-refractivity contribution in [2.75, 3.05) is 26.7 Å². The number of aliphatic hydroxyl groups excluding tert-OH is 1. The molecule has 0 aromatic heterocycles. The molecule has 2 saturated heterocycles. The van der Waals surface area contributed by atoms with Gasteiger partial charge in [0.25, 0.3) is 0 Å². The molecule has 4 aromatic carbocycles. The van der Waals surface area contributed by atoms with Crippen molar-refractivity contribution < 1.29 is 29.3 Å². The number of nitrogens with one attached hydrogen (secondary N) is 5. The number of phenols is 1. The van der Waals surface area contributed by atoms with E-state index in [2.05, 4.69) is 126 Å². The molecule has 11 heteroatoms. The van der Waals surface area contributed by atoms with Crippen molar-refractivity contribution in [1.82, 2.24) is 26.6 Å². The van der Waals surface area contributed by atoms with Gasteiger partial charge in [0.2, 0.25) is 0 Å². The zero-order valence-electron chi connectivity index (χ0n) is 49.8. The van der Waals surface area contributed by atoms with E-state index in [-0.39, 0.29) is 59.0 Å². The molecule has 6 fully saturated rings. The Hall–Kier alpha value is -5.66. The van der Waals surface area contributed by atoms with Gasteiger partial charge in [0.15, 0.2) is 0 Å². The Morgan fingerprint density at radius 2 is 1.67 bits per heavy atom. The summed E-state index contributed by atoms with van der Waals surface area (Å²) in [6.07, 6.45) is 21.5. The SMILES string of the molecule is CC[C@H](/C=C1\OC(=O)C2=C3c4cc(O)ccc4-c4cccc(c4)CNCCc4cc(CNC5CCCC5)cc(c4)[C@@H](NC[C@H](C)O)[C@H]4CC[C@@]5(CC=C6OC(=O)C7=C6CC[C@H]6[C@H]3CC[C@@]21[C@@H]76)[C@@H]1C[C@H](NC)NC[C@@H]1CC[C@@H]45)Cc1ccccc1. The molecule has 1 spiro atoms. The molecule has 16 rings (SSSR count). The summed E-state index contributed by atoms with van der Waals surface area (Å²) in [4.78, 5) is 30.8. The minimum atomic E-state index is -0.889. The Morgan fingerprint density at radius 1 is 0.798 bits per heavy atom. The highest BCUT2D eigenvalue weighted by Crippen LogP contribution is 2.73. The molecule has 14 bridgehead atoms. The molecule has 5 aliphatic heterocycles. The maximum absolute atomic E-state index is 15.4. The minimum Gasteiger partial charge on any atom is -0.508 e. The average Bonchev–Trinajstić information content (AvgIpc) is 1.56. The van der Waals surface area contributed by atoms with E-state index in [1.165, 1.54) is 54.4 Å². The van der Waals surface area contributed by atoms with Crippen molar-refractivity contribution in [3.05, 3.63) is 165 Å². The number of carbonyl (C=O) groups excluding carboxylic acids is 2. The van der Waals surface area contributed by atoms with E-state index < -0.39 is 11.5 Å². The largest absolute Gasteiger partial charge is 0.508 e. The van der Waals surface area contributed by atoms with Gasteiger partial charge in [0.05, 0.1) is 23.3 Å². The van der Waals surface area contributed by atoms with Gasteiger partial charge < -0.3 is 46.3 Å². The number of cyclic esters (lactones) is 1. The highest BCUT2D eigenvalue weighted by atomic mass is 16.6. The van der Waals surface area contributed by atoms with Crippen LogP contribution in [-0.4, -0.2) is 67.1 Å². The van der Waals surface area contributed by atoms with Gasteiger partial charge in [0, 0.05) is 48.8 Å². The maximum atomic E-state index is 15.4. The molecule has 5 heterocycles. The van der Waals surface area contributed by atoms with Crippen LogP contribution in [0.3, 0.4) is 0 Å². The van der Waals surface area contributed by atoms with Crippen molar-refractivity contribution in [2.24, 2.45) is 58.2 Å². The number of rotatable bonds is 11. The highest BCUT2D eigenvalue weighted by molar-refractivity contribution is 6.07. The highest BCUT2D eigenvalue weighted by Gasteiger charge is 2.69. The number of aliphatic hydroxyl groups is 1. The smallest absolute Gasteiger partial charge is 0.340 e. The predicted molar refractivity (Wildman–Crippen MR) is 329 cm³/mol. The van der Waals surface area contributed by atoms with Crippen molar-refractivity contribution in [3.63, 3.8) is 0 Å². The third-order valence-corrected chi connectivity index (χ3v) is 23.0. The number of esters is 2. The van der Waals surface area contributed by atoms with E-state index in [1.807, 2.05) is 19.1 Å². The van der Waals surface area contributed by atoms with E-state index in [1.54, 1.807) is 6.07 Å². The van der Waals surface area contributed by atoms with Crippen LogP contribution in [0.4, 0.5) is 0 Å². The van der Waals surface area contributed by atoms with E-state index in [4.69, 9.17) is 9.47 Å². The molecule has 0 amide bonds. The summed E-state index contributed by atoms with van der Waals surface area (Å²) >= 11 is 0. The van der Waals surface area contributed by atoms with Crippen molar-refractivity contribution in [1.29, 1.82) is 0 Å². The van der Waals surface area contributed by atoms with Gasteiger partial charge in [-0.15, -0.1) is 0 Å². The van der Waals surface area contributed by atoms with Crippen LogP contribution in [-0.2, 0) is 45.0 Å². The van der Waals surface area contributed by atoms with Gasteiger partial charge in [-0.25, -0.2) is 9.59 Å². The van der Waals surface area contributed by atoms with Crippen LogP contribution < -0.4 is 26.6 Å². The number of benzene rings is 4. The van der Waals surface area contributed by atoms with Crippen molar-refractivity contribution >= 4 is 17.5 Å². The van der Waals surface area contributed by atoms with E-state index in [9.17, 15) is 10.2 Å². The lowest BCUT2D eigenvalue weighted by molar-refractivity contribution is -0.135. The monoisotopic (exact) mass is 1130 g/mol. The molecule has 0 radical (unpaired) electrons. The molecule has 11 nitrogen and oxygen atoms in total. The third-order valence-electron chi connectivity index (χ3n) is 23.0. The van der Waals surface area contributed by atoms with Crippen LogP contribution in [0.5, 0.6) is 5.75 Å². The molecular formula is C73H89N5O6. The van der Waals surface area contributed by atoms with Gasteiger partial charge in [-0.2, -0.15) is 0 Å². The van der Waals surface area contributed by atoms with Crippen LogP contribution in [0.25, 0.3) is 16.7 Å². The van der Waals surface area contributed by atoms with Crippen LogP contribution in [0.15, 0.2) is 131 Å². The second-order valence-corrected chi connectivity index (χ2v) is 27.4. The topological polar surface area (TPSA) is 153 Å². The Morgan fingerprint density at radius 3 is 2.50 bits per heavy atom. The first kappa shape index (κ1) is 56.2. The van der Waals surface area contributed by atoms with Gasteiger partial charge in [-0.3, -0.25) is 0 Å². The summed E-state index contributed by atoms with van der Waals surface area (Å²) < 4.78 is 13.6. The standard InChI is InChI=1S/C73H89N5O6/c1-4-44(31-45-11-6-5-7-12-45)36-63-73-29-24-55-56-20-21-58-62(83-70(81)66(58)67(56)73)25-28-72-27-23-57(60(72)22-17-50-42-77-64(74-3)38-61(50)72)69(78-39-43(2)79)51-33-46(32-48(35-51)41-76-52-15-8-9-16-52)26-30-75-40-47-13-10-14-49(34-47)54-19-18-53(80)37-59(54)65(55)68(73)71(82)84-63/h5-7,10-14,18-19,25,32-37,43-44,50,52,55-57,60-61,64,67,69,74-80H,4,8-9,15-17,20-24,26-31,38-42H2,1-3H3/b62-25?,63-36-/t43-,44-,50-,55+,56-,57-,60-,61+,64+,67+,69+,72-,73+/m0/s1. The molecule has 12 aliphatic rings. The summed E-state index contributed by atoms with van der Waals surface area (Å²) in [5.74, 6) is 2.58. The summed E-state index contributed by atoms with van der Waals surface area (Å²) in [5.41, 5.74) is 11.8. The molecular weight excluding hydrogens is 1040 g/mol. The van der Waals surface area contributed by atoms with Crippen LogP contribution in [0.1, 0.15) is 150 Å². The van der Waals surface area contributed by atoms with Crippen molar-refractivity contribution in [2.45, 2.75) is 160 Å². The molecule has 4 aromatic rings. The van der Waals surface area contributed by atoms with Crippen molar-refractivity contribution in [3.8, 4) is 16.9 Å². The molecule has 7 aliphatic carbocycles. The zero-order chi connectivity index (χ0) is 57.3. The zero-order valence-corrected chi connectivity index (χ0v) is 49.8. The Bertz CT molecular complexity index is 3300. The number of fused-ring (bicyclic) bond motifs is 6. The molecule has 442 valence electrons. The van der Waals surface area contributed by atoms with Gasteiger partial charge in [0.1, 0.15) is 17.3 Å². The van der Waals surface area contributed by atoms with Gasteiger partial charge in [-0.1, -0.05) is 92.6 Å². The summed E-state index contributed by atoms with van der Waals surface area (Å²) in [7, 11) is 2.09. The average molecular weight is 1130 g/mol. The second kappa shape index (κ2) is 23.2.